The smallest absolute Gasteiger partial charge is 0.416 e. The molecule has 2 N–H and O–H groups in total. The average molecular weight is 489 g/mol. The first kappa shape index (κ1) is 23.5. The number of fused-ring (bicyclic) bond motifs is 2. The van der Waals surface area contributed by atoms with E-state index in [1.807, 2.05) is 12.1 Å². The van der Waals surface area contributed by atoms with Crippen LogP contribution in [0.4, 0.5) is 24.5 Å². The van der Waals surface area contributed by atoms with E-state index in [4.69, 9.17) is 9.47 Å². The Morgan fingerprint density at radius 2 is 2.06 bits per heavy atom. The second-order valence-electron chi connectivity index (χ2n) is 9.25. The van der Waals surface area contributed by atoms with E-state index in [0.717, 1.165) is 37.1 Å². The number of carbonyl (C=O) groups excluding carboxylic acids is 1. The largest absolute Gasteiger partial charge is 0.487 e. The number of aliphatic hydroxyl groups excluding tert-OH is 1. The van der Waals surface area contributed by atoms with Gasteiger partial charge >= 0.3 is 6.18 Å². The van der Waals surface area contributed by atoms with Crippen LogP contribution in [0, 0.1) is 0 Å². The van der Waals surface area contributed by atoms with Crippen LogP contribution in [0.1, 0.15) is 43.2 Å². The number of ether oxygens (including phenoxy) is 2. The second-order valence-corrected chi connectivity index (χ2v) is 9.25. The molecule has 0 saturated heterocycles. The molecule has 0 aromatic heterocycles. The zero-order chi connectivity index (χ0) is 24.6. The van der Waals surface area contributed by atoms with Gasteiger partial charge in [0, 0.05) is 31.2 Å². The summed E-state index contributed by atoms with van der Waals surface area (Å²) in [4.78, 5) is 15.2. The normalized spacial score (nSPS) is 19.3. The Bertz CT molecular complexity index is 1160. The summed E-state index contributed by atoms with van der Waals surface area (Å²) in [6.45, 7) is 1.91. The SMILES string of the molecule is O=C(C=C1CC2(CCC2)Oc2cc(C(F)(F)F)ccc21)Nc1cccc2c1OCCN2CCCO. The van der Waals surface area contributed by atoms with Crippen molar-refractivity contribution in [1.29, 1.82) is 0 Å². The van der Waals surface area contributed by atoms with Crippen molar-refractivity contribution >= 4 is 22.9 Å². The van der Waals surface area contributed by atoms with Crippen LogP contribution < -0.4 is 19.7 Å². The van der Waals surface area contributed by atoms with Gasteiger partial charge in [0.05, 0.1) is 23.5 Å². The van der Waals surface area contributed by atoms with Gasteiger partial charge in [-0.25, -0.2) is 0 Å². The van der Waals surface area contributed by atoms with E-state index >= 15 is 0 Å². The van der Waals surface area contributed by atoms with Crippen molar-refractivity contribution in [2.24, 2.45) is 0 Å². The van der Waals surface area contributed by atoms with Crippen LogP contribution in [0.3, 0.4) is 0 Å². The number of nitrogens with one attached hydrogen (secondary N) is 1. The Morgan fingerprint density at radius 3 is 2.77 bits per heavy atom. The average Bonchev–Trinajstić information content (AvgIpc) is 2.81. The Hall–Kier alpha value is -3.20. The van der Waals surface area contributed by atoms with E-state index in [1.165, 1.54) is 12.1 Å². The Morgan fingerprint density at radius 1 is 1.23 bits per heavy atom. The lowest BCUT2D eigenvalue weighted by atomic mass is 9.72. The lowest BCUT2D eigenvalue weighted by Crippen LogP contribution is -2.45. The van der Waals surface area contributed by atoms with Gasteiger partial charge in [0.2, 0.25) is 5.91 Å². The molecule has 2 aliphatic heterocycles. The third-order valence-electron chi connectivity index (χ3n) is 6.85. The van der Waals surface area contributed by atoms with E-state index < -0.39 is 17.3 Å². The summed E-state index contributed by atoms with van der Waals surface area (Å²) in [5.74, 6) is 0.359. The third kappa shape index (κ3) is 4.69. The number of nitrogens with zero attached hydrogens (tertiary/aromatic N) is 1. The summed E-state index contributed by atoms with van der Waals surface area (Å²) < 4.78 is 51.7. The van der Waals surface area contributed by atoms with Crippen LogP contribution in [0.15, 0.2) is 42.5 Å². The van der Waals surface area contributed by atoms with Gasteiger partial charge in [-0.1, -0.05) is 12.1 Å². The highest BCUT2D eigenvalue weighted by Crippen LogP contribution is 2.50. The molecule has 2 heterocycles. The van der Waals surface area contributed by atoms with Gasteiger partial charge < -0.3 is 24.8 Å². The van der Waals surface area contributed by atoms with Crippen LogP contribution in [0.2, 0.25) is 0 Å². The first-order valence-corrected chi connectivity index (χ1v) is 11.8. The fraction of sp³-hybridized carbons (Fsp3) is 0.423. The number of rotatable bonds is 5. The molecule has 3 aliphatic rings. The number of anilines is 2. The summed E-state index contributed by atoms with van der Waals surface area (Å²) in [5, 5.41) is 12.1. The van der Waals surface area contributed by atoms with Crippen molar-refractivity contribution in [3.8, 4) is 11.5 Å². The number of hydrogen-bond donors (Lipinski definition) is 2. The molecular formula is C26H27F3N2O4. The number of alkyl halides is 3. The molecular weight excluding hydrogens is 461 g/mol. The van der Waals surface area contributed by atoms with Crippen LogP contribution in [-0.4, -0.2) is 42.9 Å². The number of benzene rings is 2. The van der Waals surface area contributed by atoms with Gasteiger partial charge in [0.25, 0.3) is 0 Å². The van der Waals surface area contributed by atoms with Crippen LogP contribution in [-0.2, 0) is 11.0 Å². The number of para-hydroxylation sites is 1. The zero-order valence-electron chi connectivity index (χ0n) is 19.2. The van der Waals surface area contributed by atoms with Gasteiger partial charge in [-0.2, -0.15) is 13.2 Å². The minimum absolute atomic E-state index is 0.0911. The van der Waals surface area contributed by atoms with Gasteiger partial charge in [0.15, 0.2) is 5.75 Å². The Kier molecular flexibility index (Phi) is 6.13. The highest BCUT2D eigenvalue weighted by atomic mass is 19.4. The van der Waals surface area contributed by atoms with Crippen LogP contribution in [0.5, 0.6) is 11.5 Å². The second kappa shape index (κ2) is 9.11. The molecule has 2 aromatic rings. The molecule has 35 heavy (non-hydrogen) atoms. The maximum atomic E-state index is 13.3. The quantitative estimate of drug-likeness (QED) is 0.579. The molecule has 1 amide bonds. The van der Waals surface area contributed by atoms with E-state index in [1.54, 1.807) is 6.07 Å². The van der Waals surface area contributed by atoms with Crippen molar-refractivity contribution < 1.29 is 32.5 Å². The number of carbonyl (C=O) groups is 1. The van der Waals surface area contributed by atoms with Gasteiger partial charge in [0.1, 0.15) is 18.0 Å². The molecule has 186 valence electrons. The molecule has 9 heteroatoms. The summed E-state index contributed by atoms with van der Waals surface area (Å²) in [6, 6.07) is 8.93. The lowest BCUT2D eigenvalue weighted by molar-refractivity contribution is -0.138. The summed E-state index contributed by atoms with van der Waals surface area (Å²) in [6.07, 6.45) is 0.505. The summed E-state index contributed by atoms with van der Waals surface area (Å²) in [7, 11) is 0. The molecule has 0 unspecified atom stereocenters. The molecule has 1 spiro atoms. The first-order valence-electron chi connectivity index (χ1n) is 11.8. The molecule has 5 rings (SSSR count). The highest BCUT2D eigenvalue weighted by Gasteiger charge is 2.44. The fourth-order valence-corrected chi connectivity index (χ4v) is 4.96. The molecule has 1 saturated carbocycles. The number of aliphatic hydroxyl groups is 1. The minimum Gasteiger partial charge on any atom is -0.487 e. The van der Waals surface area contributed by atoms with E-state index in [-0.39, 0.29) is 18.3 Å². The van der Waals surface area contributed by atoms with Gasteiger partial charge in [-0.15, -0.1) is 0 Å². The van der Waals surface area contributed by atoms with Crippen molar-refractivity contribution in [2.75, 3.05) is 36.5 Å². The summed E-state index contributed by atoms with van der Waals surface area (Å²) in [5.41, 5.74) is 1.22. The fourth-order valence-electron chi connectivity index (χ4n) is 4.96. The van der Waals surface area contributed by atoms with E-state index in [2.05, 4.69) is 10.2 Å². The lowest BCUT2D eigenvalue weighted by Gasteiger charge is -2.46. The first-order chi connectivity index (χ1) is 16.8. The van der Waals surface area contributed by atoms with Crippen LogP contribution >= 0.6 is 0 Å². The number of halogens is 3. The molecule has 0 radical (unpaired) electrons. The van der Waals surface area contributed by atoms with Crippen molar-refractivity contribution in [1.82, 2.24) is 0 Å². The molecule has 0 bridgehead atoms. The number of amides is 1. The van der Waals surface area contributed by atoms with Gasteiger partial charge in [-0.3, -0.25) is 4.79 Å². The van der Waals surface area contributed by atoms with Crippen molar-refractivity contribution in [3.63, 3.8) is 0 Å². The molecule has 0 atom stereocenters. The zero-order valence-corrected chi connectivity index (χ0v) is 19.2. The summed E-state index contributed by atoms with van der Waals surface area (Å²) >= 11 is 0. The monoisotopic (exact) mass is 488 g/mol. The standard InChI is InChI=1S/C26H27F3N2O4/c27-26(28,29)18-6-7-19-17(16-25(8-2-9-25)35-22(19)15-18)14-23(33)30-20-4-1-5-21-24(20)34-13-11-31(21)10-3-12-32/h1,4-7,14-15,32H,2-3,8-13,16H2,(H,30,33). The highest BCUT2D eigenvalue weighted by molar-refractivity contribution is 6.06. The Balaban J connectivity index is 1.42. The predicted octanol–water partition coefficient (Wildman–Crippen LogP) is 5.01. The molecule has 2 aromatic carbocycles. The number of hydrogen-bond acceptors (Lipinski definition) is 5. The van der Waals surface area contributed by atoms with Crippen molar-refractivity contribution in [2.45, 2.75) is 43.9 Å². The third-order valence-corrected chi connectivity index (χ3v) is 6.85. The molecule has 1 aliphatic carbocycles. The molecule has 6 nitrogen and oxygen atoms in total. The maximum absolute atomic E-state index is 13.3. The molecule has 1 fully saturated rings. The van der Waals surface area contributed by atoms with Crippen molar-refractivity contribution in [3.05, 3.63) is 53.6 Å². The van der Waals surface area contributed by atoms with Gasteiger partial charge in [-0.05, 0) is 55.5 Å². The predicted molar refractivity (Wildman–Crippen MR) is 126 cm³/mol. The van der Waals surface area contributed by atoms with E-state index in [9.17, 15) is 23.1 Å². The Labute approximate surface area is 201 Å². The van der Waals surface area contributed by atoms with Crippen LogP contribution in [0.25, 0.3) is 5.57 Å². The topological polar surface area (TPSA) is 71.0 Å². The van der Waals surface area contributed by atoms with E-state index in [0.29, 0.717) is 55.1 Å². The minimum atomic E-state index is -4.47. The maximum Gasteiger partial charge on any atom is 0.416 e.